The van der Waals surface area contributed by atoms with Gasteiger partial charge >= 0.3 is 5.97 Å². The van der Waals surface area contributed by atoms with Crippen LogP contribution in [-0.2, 0) is 17.6 Å². The largest absolute Gasteiger partial charge is 0.481 e. The summed E-state index contributed by atoms with van der Waals surface area (Å²) in [5.74, 6) is -0.768. The number of hydrogen-bond donors (Lipinski definition) is 1. The highest BCUT2D eigenvalue weighted by molar-refractivity contribution is 7.16. The number of thiazole rings is 1. The maximum atomic E-state index is 10.7. The number of aromatic nitrogens is 2. The highest BCUT2D eigenvalue weighted by atomic mass is 32.1. The standard InChI is InChI=1S/C14H14N2O2S2/c1-2-10-4-5-12(20-10)11-7-16-9(3-6-13(17)18)8-19-14(16)15-11/h4-5,7-8H,2-3,6H2,1H3,(H,17,18). The number of carbonyl (C=O) groups is 1. The molecule has 104 valence electrons. The maximum absolute atomic E-state index is 10.7. The number of aryl methyl sites for hydroxylation is 2. The second kappa shape index (κ2) is 5.38. The van der Waals surface area contributed by atoms with Gasteiger partial charge in [0.2, 0.25) is 0 Å². The molecule has 3 aromatic rings. The lowest BCUT2D eigenvalue weighted by Gasteiger charge is -1.95. The minimum Gasteiger partial charge on any atom is -0.481 e. The molecular weight excluding hydrogens is 292 g/mol. The van der Waals surface area contributed by atoms with Gasteiger partial charge in [0, 0.05) is 22.1 Å². The average molecular weight is 306 g/mol. The minimum absolute atomic E-state index is 0.151. The average Bonchev–Trinajstić information content (AvgIpc) is 3.11. The lowest BCUT2D eigenvalue weighted by molar-refractivity contribution is -0.136. The zero-order valence-corrected chi connectivity index (χ0v) is 12.6. The number of carboxylic acid groups (broad SMARTS) is 1. The number of hydrogen-bond acceptors (Lipinski definition) is 4. The Bertz CT molecular complexity index is 754. The lowest BCUT2D eigenvalue weighted by atomic mass is 10.2. The van der Waals surface area contributed by atoms with Gasteiger partial charge in [0.1, 0.15) is 5.69 Å². The van der Waals surface area contributed by atoms with Gasteiger partial charge in [-0.3, -0.25) is 9.20 Å². The quantitative estimate of drug-likeness (QED) is 0.782. The van der Waals surface area contributed by atoms with E-state index in [1.165, 1.54) is 9.75 Å². The third-order valence-electron chi connectivity index (χ3n) is 3.14. The predicted octanol–water partition coefficient (Wildman–Crippen LogP) is 3.70. The van der Waals surface area contributed by atoms with Crippen molar-refractivity contribution in [1.29, 1.82) is 0 Å². The topological polar surface area (TPSA) is 54.6 Å². The van der Waals surface area contributed by atoms with Gasteiger partial charge in [-0.25, -0.2) is 4.98 Å². The highest BCUT2D eigenvalue weighted by Gasteiger charge is 2.11. The zero-order valence-electron chi connectivity index (χ0n) is 11.0. The van der Waals surface area contributed by atoms with Crippen molar-refractivity contribution in [2.24, 2.45) is 0 Å². The Morgan fingerprint density at radius 2 is 2.30 bits per heavy atom. The molecule has 6 heteroatoms. The van der Waals surface area contributed by atoms with Crippen molar-refractivity contribution < 1.29 is 9.90 Å². The van der Waals surface area contributed by atoms with Gasteiger partial charge in [-0.2, -0.15) is 0 Å². The van der Waals surface area contributed by atoms with Crippen LogP contribution in [0.5, 0.6) is 0 Å². The zero-order chi connectivity index (χ0) is 14.1. The first-order valence-corrected chi connectivity index (χ1v) is 8.13. The van der Waals surface area contributed by atoms with Gasteiger partial charge in [0.05, 0.1) is 11.3 Å². The molecular formula is C14H14N2O2S2. The molecule has 0 aliphatic heterocycles. The smallest absolute Gasteiger partial charge is 0.303 e. The molecule has 0 saturated carbocycles. The van der Waals surface area contributed by atoms with Crippen LogP contribution in [0.2, 0.25) is 0 Å². The fraction of sp³-hybridized carbons (Fsp3) is 0.286. The van der Waals surface area contributed by atoms with E-state index in [4.69, 9.17) is 5.11 Å². The summed E-state index contributed by atoms with van der Waals surface area (Å²) in [6.07, 6.45) is 3.74. The molecule has 1 N–H and O–H groups in total. The normalized spacial score (nSPS) is 11.2. The molecule has 3 aromatic heterocycles. The van der Waals surface area contributed by atoms with Gasteiger partial charge in [0.25, 0.3) is 0 Å². The van der Waals surface area contributed by atoms with Crippen LogP contribution in [0.1, 0.15) is 23.9 Å². The van der Waals surface area contributed by atoms with Crippen LogP contribution in [0.15, 0.2) is 23.7 Å². The van der Waals surface area contributed by atoms with Crippen molar-refractivity contribution in [3.8, 4) is 10.6 Å². The van der Waals surface area contributed by atoms with Crippen molar-refractivity contribution in [3.63, 3.8) is 0 Å². The summed E-state index contributed by atoms with van der Waals surface area (Å²) in [6, 6.07) is 4.24. The van der Waals surface area contributed by atoms with Crippen LogP contribution in [-0.4, -0.2) is 20.5 Å². The number of carboxylic acids is 1. The molecule has 0 atom stereocenters. The summed E-state index contributed by atoms with van der Waals surface area (Å²) in [6.45, 7) is 2.14. The van der Waals surface area contributed by atoms with E-state index < -0.39 is 5.97 Å². The first-order valence-electron chi connectivity index (χ1n) is 6.43. The van der Waals surface area contributed by atoms with Crippen LogP contribution in [0.25, 0.3) is 15.5 Å². The van der Waals surface area contributed by atoms with E-state index in [0.717, 1.165) is 22.8 Å². The van der Waals surface area contributed by atoms with Gasteiger partial charge in [-0.05, 0) is 25.0 Å². The predicted molar refractivity (Wildman–Crippen MR) is 81.7 cm³/mol. The Balaban J connectivity index is 1.92. The summed E-state index contributed by atoms with van der Waals surface area (Å²) in [4.78, 5) is 18.7. The molecule has 20 heavy (non-hydrogen) atoms. The van der Waals surface area contributed by atoms with Crippen molar-refractivity contribution in [2.45, 2.75) is 26.2 Å². The summed E-state index contributed by atoms with van der Waals surface area (Å²) in [5.41, 5.74) is 1.98. The second-order valence-corrected chi connectivity index (χ2v) is 6.52. The Labute approximate surface area is 124 Å². The molecule has 0 saturated heterocycles. The summed E-state index contributed by atoms with van der Waals surface area (Å²) < 4.78 is 2.01. The molecule has 0 bridgehead atoms. The summed E-state index contributed by atoms with van der Waals surface area (Å²) in [7, 11) is 0. The Morgan fingerprint density at radius 1 is 1.45 bits per heavy atom. The Morgan fingerprint density at radius 3 is 3.00 bits per heavy atom. The maximum Gasteiger partial charge on any atom is 0.303 e. The SMILES string of the molecule is CCc1ccc(-c2cn3c(CCC(=O)O)csc3n2)s1. The number of nitrogens with zero attached hydrogens (tertiary/aromatic N) is 2. The van der Waals surface area contributed by atoms with Crippen LogP contribution in [0, 0.1) is 0 Å². The van der Waals surface area contributed by atoms with Crippen LogP contribution in [0.4, 0.5) is 0 Å². The third-order valence-corrected chi connectivity index (χ3v) is 5.28. The Hall–Kier alpha value is -1.66. The first-order chi connectivity index (χ1) is 9.67. The number of aliphatic carboxylic acids is 1. The molecule has 0 aliphatic rings. The third kappa shape index (κ3) is 2.48. The number of imidazole rings is 1. The second-order valence-electron chi connectivity index (χ2n) is 4.52. The monoisotopic (exact) mass is 306 g/mol. The van der Waals surface area contributed by atoms with Gasteiger partial charge < -0.3 is 5.11 Å². The van der Waals surface area contributed by atoms with Gasteiger partial charge in [-0.15, -0.1) is 22.7 Å². The van der Waals surface area contributed by atoms with E-state index in [0.29, 0.717) is 6.42 Å². The molecule has 0 amide bonds. The minimum atomic E-state index is -0.768. The van der Waals surface area contributed by atoms with E-state index in [-0.39, 0.29) is 6.42 Å². The van der Waals surface area contributed by atoms with E-state index >= 15 is 0 Å². The van der Waals surface area contributed by atoms with Crippen LogP contribution < -0.4 is 0 Å². The number of thiophene rings is 1. The number of fused-ring (bicyclic) bond motifs is 1. The fourth-order valence-electron chi connectivity index (χ4n) is 2.07. The highest BCUT2D eigenvalue weighted by Crippen LogP contribution is 2.29. The molecule has 3 heterocycles. The van der Waals surface area contributed by atoms with Crippen molar-refractivity contribution in [1.82, 2.24) is 9.38 Å². The van der Waals surface area contributed by atoms with Gasteiger partial charge in [-0.1, -0.05) is 6.92 Å². The summed E-state index contributed by atoms with van der Waals surface area (Å²) in [5, 5.41) is 10.8. The van der Waals surface area contributed by atoms with E-state index in [2.05, 4.69) is 24.0 Å². The summed E-state index contributed by atoms with van der Waals surface area (Å²) >= 11 is 3.32. The first kappa shape index (κ1) is 13.3. The number of rotatable bonds is 5. The molecule has 0 aliphatic carbocycles. The fourth-order valence-corrected chi connectivity index (χ4v) is 3.88. The molecule has 0 spiro atoms. The molecule has 0 aromatic carbocycles. The van der Waals surface area contributed by atoms with E-state index in [1.807, 2.05) is 16.0 Å². The van der Waals surface area contributed by atoms with Crippen LogP contribution >= 0.6 is 22.7 Å². The van der Waals surface area contributed by atoms with Crippen LogP contribution in [0.3, 0.4) is 0 Å². The van der Waals surface area contributed by atoms with E-state index in [1.54, 1.807) is 22.7 Å². The molecule has 4 nitrogen and oxygen atoms in total. The van der Waals surface area contributed by atoms with E-state index in [9.17, 15) is 4.79 Å². The molecule has 0 fully saturated rings. The molecule has 3 rings (SSSR count). The van der Waals surface area contributed by atoms with Gasteiger partial charge in [0.15, 0.2) is 4.96 Å². The van der Waals surface area contributed by atoms with Crippen molar-refractivity contribution in [2.75, 3.05) is 0 Å². The van der Waals surface area contributed by atoms with Crippen molar-refractivity contribution >= 4 is 33.6 Å². The Kier molecular flexibility index (Phi) is 3.58. The lowest BCUT2D eigenvalue weighted by Crippen LogP contribution is -1.99. The van der Waals surface area contributed by atoms with Crippen molar-refractivity contribution in [3.05, 3.63) is 34.3 Å². The molecule has 0 unspecified atom stereocenters. The molecule has 0 radical (unpaired) electrons.